The van der Waals surface area contributed by atoms with Gasteiger partial charge in [-0.1, -0.05) is 6.07 Å². The van der Waals surface area contributed by atoms with Gasteiger partial charge in [-0.15, -0.1) is 0 Å². The Labute approximate surface area is 107 Å². The first kappa shape index (κ1) is 12.5. The number of carbonyl (C=O) groups excluding carboxylic acids is 1. The van der Waals surface area contributed by atoms with E-state index >= 15 is 0 Å². The Kier molecular flexibility index (Phi) is 3.55. The highest BCUT2D eigenvalue weighted by Crippen LogP contribution is 2.28. The fourth-order valence-corrected chi connectivity index (χ4v) is 2.05. The van der Waals surface area contributed by atoms with Crippen molar-refractivity contribution in [3.8, 4) is 5.75 Å². The highest BCUT2D eigenvalue weighted by molar-refractivity contribution is 6.07. The molecule has 4 heteroatoms. The summed E-state index contributed by atoms with van der Waals surface area (Å²) in [6.07, 6.45) is 1.84. The number of anilines is 1. The summed E-state index contributed by atoms with van der Waals surface area (Å²) in [5.41, 5.74) is 0.817. The first-order chi connectivity index (χ1) is 8.67. The molecule has 0 N–H and O–H groups in total. The average molecular weight is 247 g/mol. The average Bonchev–Trinajstić information content (AvgIpc) is 2.65. The van der Waals surface area contributed by atoms with Crippen LogP contribution >= 0.6 is 0 Å². The van der Waals surface area contributed by atoms with Gasteiger partial charge in [0.05, 0.1) is 19.8 Å². The van der Waals surface area contributed by atoms with Crippen LogP contribution in [0.15, 0.2) is 36.1 Å². The Balaban J connectivity index is 2.27. The Morgan fingerprint density at radius 3 is 2.83 bits per heavy atom. The van der Waals surface area contributed by atoms with E-state index in [1.807, 2.05) is 44.2 Å². The molecular formula is C14H17NO3. The molecule has 0 radical (unpaired) electrons. The number of amides is 1. The zero-order chi connectivity index (χ0) is 13.1. The number of rotatable bonds is 4. The van der Waals surface area contributed by atoms with Gasteiger partial charge in [-0.25, -0.2) is 0 Å². The molecule has 1 aromatic carbocycles. The standard InChI is InChI=1S/C14H17NO3/c1-4-18-13-8-10(2)15(14(13)16)11-6-5-7-12(9-11)17-3/h5-10H,4H2,1-3H3. The molecule has 1 unspecified atom stereocenters. The van der Waals surface area contributed by atoms with E-state index in [4.69, 9.17) is 9.47 Å². The second-order valence-electron chi connectivity index (χ2n) is 4.08. The first-order valence-corrected chi connectivity index (χ1v) is 5.99. The minimum atomic E-state index is -0.0994. The fraction of sp³-hybridized carbons (Fsp3) is 0.357. The van der Waals surface area contributed by atoms with Crippen LogP contribution in [0.5, 0.6) is 5.75 Å². The fourth-order valence-electron chi connectivity index (χ4n) is 2.05. The van der Waals surface area contributed by atoms with Gasteiger partial charge in [-0.05, 0) is 32.1 Å². The summed E-state index contributed by atoms with van der Waals surface area (Å²) in [4.78, 5) is 13.9. The minimum Gasteiger partial charge on any atom is -0.497 e. The van der Waals surface area contributed by atoms with Crippen molar-refractivity contribution in [1.29, 1.82) is 0 Å². The van der Waals surface area contributed by atoms with Crippen LogP contribution in [0.1, 0.15) is 13.8 Å². The zero-order valence-corrected chi connectivity index (χ0v) is 10.8. The molecule has 96 valence electrons. The van der Waals surface area contributed by atoms with Crippen molar-refractivity contribution >= 4 is 11.6 Å². The van der Waals surface area contributed by atoms with Gasteiger partial charge in [0.2, 0.25) is 0 Å². The number of methoxy groups -OCH3 is 1. The van der Waals surface area contributed by atoms with Gasteiger partial charge < -0.3 is 9.47 Å². The normalized spacial score (nSPS) is 18.8. The zero-order valence-electron chi connectivity index (χ0n) is 10.8. The molecule has 1 amide bonds. The van der Waals surface area contributed by atoms with Crippen molar-refractivity contribution in [3.63, 3.8) is 0 Å². The first-order valence-electron chi connectivity index (χ1n) is 5.99. The molecule has 4 nitrogen and oxygen atoms in total. The molecule has 0 aliphatic carbocycles. The maximum Gasteiger partial charge on any atom is 0.293 e. The van der Waals surface area contributed by atoms with Crippen molar-refractivity contribution in [2.75, 3.05) is 18.6 Å². The third kappa shape index (κ3) is 2.18. The van der Waals surface area contributed by atoms with Crippen LogP contribution in [-0.4, -0.2) is 25.7 Å². The predicted molar refractivity (Wildman–Crippen MR) is 69.7 cm³/mol. The van der Waals surface area contributed by atoms with Crippen molar-refractivity contribution in [3.05, 3.63) is 36.1 Å². The van der Waals surface area contributed by atoms with Crippen LogP contribution in [0.25, 0.3) is 0 Å². The predicted octanol–water partition coefficient (Wildman–Crippen LogP) is 2.35. The number of carbonyl (C=O) groups is 1. The van der Waals surface area contributed by atoms with E-state index in [2.05, 4.69) is 0 Å². The maximum absolute atomic E-state index is 12.2. The summed E-state index contributed by atoms with van der Waals surface area (Å²) in [6, 6.07) is 7.45. The van der Waals surface area contributed by atoms with Crippen LogP contribution in [0.2, 0.25) is 0 Å². The molecule has 18 heavy (non-hydrogen) atoms. The molecule has 1 aliphatic rings. The Bertz CT molecular complexity index is 482. The van der Waals surface area contributed by atoms with Crippen LogP contribution in [0, 0.1) is 0 Å². The largest absolute Gasteiger partial charge is 0.497 e. The van der Waals surface area contributed by atoms with Gasteiger partial charge in [0, 0.05) is 11.8 Å². The van der Waals surface area contributed by atoms with Gasteiger partial charge in [-0.3, -0.25) is 9.69 Å². The van der Waals surface area contributed by atoms with E-state index in [0.29, 0.717) is 12.4 Å². The van der Waals surface area contributed by atoms with Crippen molar-refractivity contribution in [1.82, 2.24) is 0 Å². The maximum atomic E-state index is 12.2. The molecule has 1 aliphatic heterocycles. The lowest BCUT2D eigenvalue weighted by molar-refractivity contribution is -0.117. The van der Waals surface area contributed by atoms with E-state index < -0.39 is 0 Å². The van der Waals surface area contributed by atoms with Crippen LogP contribution in [0.3, 0.4) is 0 Å². The van der Waals surface area contributed by atoms with E-state index in [-0.39, 0.29) is 11.9 Å². The molecule has 1 aromatic rings. The summed E-state index contributed by atoms with van der Waals surface area (Å²) in [6.45, 7) is 4.33. The van der Waals surface area contributed by atoms with Gasteiger partial charge in [0.15, 0.2) is 5.76 Å². The molecule has 0 saturated carbocycles. The van der Waals surface area contributed by atoms with Crippen molar-refractivity contribution in [2.24, 2.45) is 0 Å². The van der Waals surface area contributed by atoms with Gasteiger partial charge in [-0.2, -0.15) is 0 Å². The topological polar surface area (TPSA) is 38.8 Å². The molecule has 0 fully saturated rings. The highest BCUT2D eigenvalue weighted by Gasteiger charge is 2.32. The Hall–Kier alpha value is -1.97. The third-order valence-electron chi connectivity index (χ3n) is 2.86. The van der Waals surface area contributed by atoms with E-state index in [9.17, 15) is 4.79 Å². The Morgan fingerprint density at radius 2 is 2.17 bits per heavy atom. The third-order valence-corrected chi connectivity index (χ3v) is 2.86. The molecule has 0 bridgehead atoms. The number of hydrogen-bond acceptors (Lipinski definition) is 3. The number of hydrogen-bond donors (Lipinski definition) is 0. The van der Waals surface area contributed by atoms with Crippen LogP contribution in [-0.2, 0) is 9.53 Å². The molecule has 1 atom stereocenters. The smallest absolute Gasteiger partial charge is 0.293 e. The van der Waals surface area contributed by atoms with Crippen molar-refractivity contribution < 1.29 is 14.3 Å². The van der Waals surface area contributed by atoms with Crippen molar-refractivity contribution in [2.45, 2.75) is 19.9 Å². The van der Waals surface area contributed by atoms with Crippen LogP contribution < -0.4 is 9.64 Å². The lowest BCUT2D eigenvalue weighted by Gasteiger charge is -2.22. The van der Waals surface area contributed by atoms with Crippen LogP contribution in [0.4, 0.5) is 5.69 Å². The summed E-state index contributed by atoms with van der Waals surface area (Å²) in [5, 5.41) is 0. The number of nitrogens with zero attached hydrogens (tertiary/aromatic N) is 1. The van der Waals surface area contributed by atoms with E-state index in [0.717, 1.165) is 11.4 Å². The van der Waals surface area contributed by atoms with Gasteiger partial charge >= 0.3 is 0 Å². The SMILES string of the molecule is CCOC1=CC(C)N(c2cccc(OC)c2)C1=O. The van der Waals surface area contributed by atoms with Gasteiger partial charge in [0.25, 0.3) is 5.91 Å². The van der Waals surface area contributed by atoms with Gasteiger partial charge in [0.1, 0.15) is 5.75 Å². The summed E-state index contributed by atoms with van der Waals surface area (Å²) in [5.74, 6) is 1.06. The summed E-state index contributed by atoms with van der Waals surface area (Å²) >= 11 is 0. The monoisotopic (exact) mass is 247 g/mol. The molecule has 1 heterocycles. The molecule has 0 saturated heterocycles. The number of benzene rings is 1. The summed E-state index contributed by atoms with van der Waals surface area (Å²) < 4.78 is 10.5. The number of ether oxygens (including phenoxy) is 2. The molecule has 0 aromatic heterocycles. The molecule has 2 rings (SSSR count). The highest BCUT2D eigenvalue weighted by atomic mass is 16.5. The van der Waals surface area contributed by atoms with E-state index in [1.165, 1.54) is 0 Å². The van der Waals surface area contributed by atoms with E-state index in [1.54, 1.807) is 12.0 Å². The minimum absolute atomic E-state index is 0.00819. The molecule has 0 spiro atoms. The summed E-state index contributed by atoms with van der Waals surface area (Å²) in [7, 11) is 1.61. The molecular weight excluding hydrogens is 230 g/mol. The quantitative estimate of drug-likeness (QED) is 0.819. The lowest BCUT2D eigenvalue weighted by atomic mass is 10.2. The Morgan fingerprint density at radius 1 is 1.39 bits per heavy atom. The lowest BCUT2D eigenvalue weighted by Crippen LogP contribution is -2.32. The second kappa shape index (κ2) is 5.12. The second-order valence-corrected chi connectivity index (χ2v) is 4.08.